The van der Waals surface area contributed by atoms with Gasteiger partial charge in [-0.25, -0.2) is 0 Å². The second-order valence-corrected chi connectivity index (χ2v) is 5.02. The molecule has 20 heavy (non-hydrogen) atoms. The fraction of sp³-hybridized carbons (Fsp3) is 0.533. The lowest BCUT2D eigenvalue weighted by molar-refractivity contribution is -0.121. The SMILES string of the molecule is COc1ccc(N)cc1CNC(=O)CCC1CCCO1. The van der Waals surface area contributed by atoms with Crippen LogP contribution in [0.3, 0.4) is 0 Å². The highest BCUT2D eigenvalue weighted by Gasteiger charge is 2.16. The van der Waals surface area contributed by atoms with E-state index in [9.17, 15) is 4.79 Å². The summed E-state index contributed by atoms with van der Waals surface area (Å²) in [6, 6.07) is 5.41. The van der Waals surface area contributed by atoms with Crippen molar-refractivity contribution in [3.63, 3.8) is 0 Å². The number of hydrogen-bond donors (Lipinski definition) is 2. The standard InChI is InChI=1S/C15H22N2O3/c1-19-14-6-4-12(16)9-11(14)10-17-15(18)7-5-13-3-2-8-20-13/h4,6,9,13H,2-3,5,7-8,10,16H2,1H3,(H,17,18). The van der Waals surface area contributed by atoms with Crippen molar-refractivity contribution in [3.05, 3.63) is 23.8 Å². The molecule has 1 unspecified atom stereocenters. The molecule has 1 atom stereocenters. The minimum Gasteiger partial charge on any atom is -0.496 e. The maximum atomic E-state index is 11.8. The van der Waals surface area contributed by atoms with Crippen LogP contribution in [0, 0.1) is 0 Å². The highest BCUT2D eigenvalue weighted by molar-refractivity contribution is 5.76. The van der Waals surface area contributed by atoms with Crippen LogP contribution < -0.4 is 15.8 Å². The van der Waals surface area contributed by atoms with Crippen LogP contribution in [0.2, 0.25) is 0 Å². The highest BCUT2D eigenvalue weighted by atomic mass is 16.5. The number of anilines is 1. The van der Waals surface area contributed by atoms with Crippen LogP contribution in [-0.4, -0.2) is 25.7 Å². The number of hydrogen-bond acceptors (Lipinski definition) is 4. The molecule has 5 heteroatoms. The molecule has 5 nitrogen and oxygen atoms in total. The van der Waals surface area contributed by atoms with Crippen LogP contribution in [0.15, 0.2) is 18.2 Å². The van der Waals surface area contributed by atoms with Crippen molar-refractivity contribution in [2.45, 2.75) is 38.3 Å². The molecule has 1 aliphatic rings. The van der Waals surface area contributed by atoms with Crippen molar-refractivity contribution >= 4 is 11.6 Å². The largest absolute Gasteiger partial charge is 0.496 e. The quantitative estimate of drug-likeness (QED) is 0.779. The van der Waals surface area contributed by atoms with E-state index < -0.39 is 0 Å². The smallest absolute Gasteiger partial charge is 0.220 e. The maximum Gasteiger partial charge on any atom is 0.220 e. The zero-order chi connectivity index (χ0) is 14.4. The van der Waals surface area contributed by atoms with Crippen LogP contribution in [0.1, 0.15) is 31.2 Å². The Balaban J connectivity index is 1.78. The number of ether oxygens (including phenoxy) is 2. The molecule has 1 aromatic rings. The van der Waals surface area contributed by atoms with Gasteiger partial charge in [0, 0.05) is 30.8 Å². The van der Waals surface area contributed by atoms with E-state index in [2.05, 4.69) is 5.32 Å². The van der Waals surface area contributed by atoms with E-state index in [4.69, 9.17) is 15.2 Å². The van der Waals surface area contributed by atoms with Gasteiger partial charge in [-0.3, -0.25) is 4.79 Å². The molecule has 1 aliphatic heterocycles. The molecule has 1 fully saturated rings. The first kappa shape index (κ1) is 14.7. The minimum absolute atomic E-state index is 0.0324. The molecular weight excluding hydrogens is 256 g/mol. The van der Waals surface area contributed by atoms with Gasteiger partial charge in [0.15, 0.2) is 0 Å². The zero-order valence-corrected chi connectivity index (χ0v) is 11.9. The number of nitrogens with one attached hydrogen (secondary N) is 1. The first-order chi connectivity index (χ1) is 9.69. The monoisotopic (exact) mass is 278 g/mol. The number of benzene rings is 1. The molecule has 0 saturated carbocycles. The van der Waals surface area contributed by atoms with Crippen LogP contribution in [-0.2, 0) is 16.1 Å². The van der Waals surface area contributed by atoms with Crippen molar-refractivity contribution in [2.75, 3.05) is 19.5 Å². The Kier molecular flexibility index (Phi) is 5.24. The topological polar surface area (TPSA) is 73.6 Å². The van der Waals surface area contributed by atoms with E-state index in [1.807, 2.05) is 12.1 Å². The van der Waals surface area contributed by atoms with Gasteiger partial charge in [0.05, 0.1) is 13.2 Å². The zero-order valence-electron chi connectivity index (χ0n) is 11.9. The van der Waals surface area contributed by atoms with Gasteiger partial charge in [0.1, 0.15) is 5.75 Å². The summed E-state index contributed by atoms with van der Waals surface area (Å²) < 4.78 is 10.7. The molecule has 0 aromatic heterocycles. The summed E-state index contributed by atoms with van der Waals surface area (Å²) in [6.45, 7) is 1.26. The number of nitrogens with two attached hydrogens (primary N) is 1. The molecule has 0 spiro atoms. The molecule has 3 N–H and O–H groups in total. The molecule has 1 amide bonds. The van der Waals surface area contributed by atoms with Gasteiger partial charge >= 0.3 is 0 Å². The van der Waals surface area contributed by atoms with Gasteiger partial charge in [-0.15, -0.1) is 0 Å². The molecule has 1 aromatic carbocycles. The van der Waals surface area contributed by atoms with Gasteiger partial charge in [0.2, 0.25) is 5.91 Å². The second kappa shape index (κ2) is 7.14. The van der Waals surface area contributed by atoms with Crippen molar-refractivity contribution in [3.8, 4) is 5.75 Å². The van der Waals surface area contributed by atoms with Gasteiger partial charge in [-0.1, -0.05) is 0 Å². The molecule has 0 bridgehead atoms. The average molecular weight is 278 g/mol. The fourth-order valence-electron chi connectivity index (χ4n) is 2.38. The lowest BCUT2D eigenvalue weighted by Gasteiger charge is -2.12. The minimum atomic E-state index is 0.0324. The molecular formula is C15H22N2O3. The number of rotatable bonds is 6. The highest BCUT2D eigenvalue weighted by Crippen LogP contribution is 2.21. The van der Waals surface area contributed by atoms with Crippen molar-refractivity contribution in [1.82, 2.24) is 5.32 Å². The lowest BCUT2D eigenvalue weighted by Crippen LogP contribution is -2.24. The third-order valence-corrected chi connectivity index (χ3v) is 3.50. The molecule has 0 aliphatic carbocycles. The molecule has 0 radical (unpaired) electrons. The first-order valence-corrected chi connectivity index (χ1v) is 6.99. The summed E-state index contributed by atoms with van der Waals surface area (Å²) in [6.07, 6.45) is 3.71. The summed E-state index contributed by atoms with van der Waals surface area (Å²) in [5.41, 5.74) is 7.29. The van der Waals surface area contributed by atoms with Gasteiger partial charge in [-0.05, 0) is 37.5 Å². The van der Waals surface area contributed by atoms with E-state index in [0.29, 0.717) is 18.7 Å². The predicted octanol–water partition coefficient (Wildman–Crippen LogP) is 1.85. The van der Waals surface area contributed by atoms with Crippen molar-refractivity contribution in [1.29, 1.82) is 0 Å². The normalized spacial score (nSPS) is 17.9. The summed E-state index contributed by atoms with van der Waals surface area (Å²) in [5.74, 6) is 0.767. The summed E-state index contributed by atoms with van der Waals surface area (Å²) in [4.78, 5) is 11.8. The number of amides is 1. The summed E-state index contributed by atoms with van der Waals surface area (Å²) in [7, 11) is 1.61. The number of carbonyl (C=O) groups excluding carboxylic acids is 1. The van der Waals surface area contributed by atoms with Gasteiger partial charge in [-0.2, -0.15) is 0 Å². The van der Waals surface area contributed by atoms with Crippen molar-refractivity contribution < 1.29 is 14.3 Å². The van der Waals surface area contributed by atoms with Gasteiger partial charge < -0.3 is 20.5 Å². The van der Waals surface area contributed by atoms with Crippen LogP contribution in [0.4, 0.5) is 5.69 Å². The van der Waals surface area contributed by atoms with Crippen LogP contribution >= 0.6 is 0 Å². The van der Waals surface area contributed by atoms with E-state index >= 15 is 0 Å². The number of methoxy groups -OCH3 is 1. The third kappa shape index (κ3) is 4.13. The third-order valence-electron chi connectivity index (χ3n) is 3.50. The second-order valence-electron chi connectivity index (χ2n) is 5.02. The van der Waals surface area contributed by atoms with Crippen LogP contribution in [0.5, 0.6) is 5.75 Å². The Hall–Kier alpha value is -1.75. The summed E-state index contributed by atoms with van der Waals surface area (Å²) >= 11 is 0. The summed E-state index contributed by atoms with van der Waals surface area (Å²) in [5, 5.41) is 2.89. The Morgan fingerprint density at radius 3 is 3.10 bits per heavy atom. The fourth-order valence-corrected chi connectivity index (χ4v) is 2.38. The Bertz CT molecular complexity index is 456. The predicted molar refractivity (Wildman–Crippen MR) is 77.5 cm³/mol. The van der Waals surface area contributed by atoms with E-state index in [1.54, 1.807) is 13.2 Å². The Labute approximate surface area is 119 Å². The first-order valence-electron chi connectivity index (χ1n) is 6.99. The number of carbonyl (C=O) groups is 1. The van der Waals surface area contributed by atoms with E-state index in [1.165, 1.54) is 0 Å². The molecule has 1 heterocycles. The molecule has 1 saturated heterocycles. The Morgan fingerprint density at radius 2 is 2.40 bits per heavy atom. The van der Waals surface area contributed by atoms with Crippen LogP contribution in [0.25, 0.3) is 0 Å². The average Bonchev–Trinajstić information content (AvgIpc) is 2.96. The Morgan fingerprint density at radius 1 is 1.55 bits per heavy atom. The maximum absolute atomic E-state index is 11.8. The van der Waals surface area contributed by atoms with E-state index in [0.717, 1.165) is 37.2 Å². The number of nitrogen functional groups attached to an aromatic ring is 1. The lowest BCUT2D eigenvalue weighted by atomic mass is 10.1. The van der Waals surface area contributed by atoms with E-state index in [-0.39, 0.29) is 12.0 Å². The van der Waals surface area contributed by atoms with Crippen molar-refractivity contribution in [2.24, 2.45) is 0 Å². The molecule has 2 rings (SSSR count). The van der Waals surface area contributed by atoms with Gasteiger partial charge in [0.25, 0.3) is 0 Å². The molecule has 110 valence electrons.